The zero-order chi connectivity index (χ0) is 14.8. The predicted octanol–water partition coefficient (Wildman–Crippen LogP) is 3.26. The van der Waals surface area contributed by atoms with Crippen molar-refractivity contribution >= 4 is 17.5 Å². The van der Waals surface area contributed by atoms with Crippen LogP contribution in [0.1, 0.15) is 22.1 Å². The highest BCUT2D eigenvalue weighted by Crippen LogP contribution is 2.28. The van der Waals surface area contributed by atoms with Gasteiger partial charge < -0.3 is 10.0 Å². The van der Waals surface area contributed by atoms with Gasteiger partial charge in [0.05, 0.1) is 0 Å². The topological polar surface area (TPSA) is 40.5 Å². The number of rotatable bonds is 2. The van der Waals surface area contributed by atoms with E-state index in [0.717, 1.165) is 17.5 Å². The molecule has 1 unspecified atom stereocenters. The summed E-state index contributed by atoms with van der Waals surface area (Å²) in [6, 6.07) is 14.7. The fraction of sp³-hybridized carbons (Fsp3) is 0.235. The third-order valence-corrected chi connectivity index (χ3v) is 4.26. The molecule has 2 aromatic carbocycles. The van der Waals surface area contributed by atoms with Crippen molar-refractivity contribution in [3.05, 3.63) is 65.2 Å². The molecule has 0 saturated heterocycles. The van der Waals surface area contributed by atoms with Crippen molar-refractivity contribution in [2.24, 2.45) is 0 Å². The fourth-order valence-corrected chi connectivity index (χ4v) is 2.94. The third kappa shape index (κ3) is 2.88. The summed E-state index contributed by atoms with van der Waals surface area (Å²) in [6.45, 7) is 1.16. The molecule has 0 bridgehead atoms. The number of amides is 1. The number of fused-ring (bicyclic) bond motifs is 1. The smallest absolute Gasteiger partial charge is 0.245 e. The summed E-state index contributed by atoms with van der Waals surface area (Å²) in [4.78, 5) is 14.3. The molecule has 0 saturated carbocycles. The van der Waals surface area contributed by atoms with E-state index in [1.807, 2.05) is 36.4 Å². The lowest BCUT2D eigenvalue weighted by atomic mass is 9.99. The first-order valence-corrected chi connectivity index (χ1v) is 7.37. The van der Waals surface area contributed by atoms with Crippen LogP contribution in [-0.2, 0) is 17.8 Å². The Morgan fingerprint density at radius 2 is 1.90 bits per heavy atom. The van der Waals surface area contributed by atoms with E-state index in [9.17, 15) is 9.90 Å². The Balaban J connectivity index is 1.78. The van der Waals surface area contributed by atoms with Gasteiger partial charge in [0.15, 0.2) is 0 Å². The van der Waals surface area contributed by atoms with E-state index in [4.69, 9.17) is 11.6 Å². The Morgan fingerprint density at radius 3 is 2.67 bits per heavy atom. The number of benzene rings is 2. The number of hydrogen-bond acceptors (Lipinski definition) is 2. The lowest BCUT2D eigenvalue weighted by Gasteiger charge is -2.30. The van der Waals surface area contributed by atoms with Crippen LogP contribution in [-0.4, -0.2) is 22.5 Å². The van der Waals surface area contributed by atoms with Crippen molar-refractivity contribution in [3.8, 4) is 5.75 Å². The lowest BCUT2D eigenvalue weighted by Crippen LogP contribution is -2.37. The second-order valence-corrected chi connectivity index (χ2v) is 5.67. The van der Waals surface area contributed by atoms with Crippen LogP contribution in [0, 0.1) is 0 Å². The predicted molar refractivity (Wildman–Crippen MR) is 82.3 cm³/mol. The maximum Gasteiger partial charge on any atom is 0.245 e. The molecule has 0 spiro atoms. The molecule has 1 atom stereocenters. The SMILES string of the molecule is O=C(C(Cl)c1ccccc1)N1CCc2ccc(O)cc2C1. The van der Waals surface area contributed by atoms with Gasteiger partial charge in [0.1, 0.15) is 11.1 Å². The normalized spacial score (nSPS) is 15.4. The third-order valence-electron chi connectivity index (χ3n) is 3.82. The van der Waals surface area contributed by atoms with Crippen LogP contribution in [0.25, 0.3) is 0 Å². The first kappa shape index (κ1) is 14.0. The molecule has 21 heavy (non-hydrogen) atoms. The first-order chi connectivity index (χ1) is 10.1. The monoisotopic (exact) mass is 301 g/mol. The molecule has 1 aliphatic heterocycles. The summed E-state index contributed by atoms with van der Waals surface area (Å²) < 4.78 is 0. The standard InChI is InChI=1S/C17H16ClNO2/c18-16(13-4-2-1-3-5-13)17(21)19-9-8-12-6-7-15(20)10-14(12)11-19/h1-7,10,16,20H,8-9,11H2. The number of carbonyl (C=O) groups is 1. The van der Waals surface area contributed by atoms with Gasteiger partial charge in [-0.1, -0.05) is 36.4 Å². The van der Waals surface area contributed by atoms with Gasteiger partial charge >= 0.3 is 0 Å². The number of halogens is 1. The average Bonchev–Trinajstić information content (AvgIpc) is 2.53. The second-order valence-electron chi connectivity index (χ2n) is 5.24. The molecule has 108 valence electrons. The summed E-state index contributed by atoms with van der Waals surface area (Å²) in [6.07, 6.45) is 0.791. The maximum atomic E-state index is 12.5. The highest BCUT2D eigenvalue weighted by molar-refractivity contribution is 6.30. The van der Waals surface area contributed by atoms with Gasteiger partial charge in [0.25, 0.3) is 0 Å². The Morgan fingerprint density at radius 1 is 1.14 bits per heavy atom. The largest absolute Gasteiger partial charge is 0.508 e. The average molecular weight is 302 g/mol. The minimum Gasteiger partial charge on any atom is -0.508 e. The molecule has 1 aliphatic rings. The van der Waals surface area contributed by atoms with Crippen molar-refractivity contribution < 1.29 is 9.90 Å². The minimum absolute atomic E-state index is 0.0862. The molecular formula is C17H16ClNO2. The molecule has 4 heteroatoms. The zero-order valence-electron chi connectivity index (χ0n) is 11.5. The molecular weight excluding hydrogens is 286 g/mol. The van der Waals surface area contributed by atoms with E-state index in [0.29, 0.717) is 13.1 Å². The van der Waals surface area contributed by atoms with Gasteiger partial charge in [-0.3, -0.25) is 4.79 Å². The van der Waals surface area contributed by atoms with E-state index >= 15 is 0 Å². The molecule has 3 nitrogen and oxygen atoms in total. The van der Waals surface area contributed by atoms with Gasteiger partial charge in [0.2, 0.25) is 5.91 Å². The van der Waals surface area contributed by atoms with Gasteiger partial charge in [-0.25, -0.2) is 0 Å². The summed E-state index contributed by atoms with van der Waals surface area (Å²) >= 11 is 6.31. The molecule has 0 fully saturated rings. The minimum atomic E-state index is -0.662. The van der Waals surface area contributed by atoms with Crippen molar-refractivity contribution in [1.82, 2.24) is 4.90 Å². The quantitative estimate of drug-likeness (QED) is 0.865. The molecule has 1 N–H and O–H groups in total. The number of carbonyl (C=O) groups excluding carboxylic acids is 1. The summed E-state index contributed by atoms with van der Waals surface area (Å²) in [5.74, 6) is 0.144. The zero-order valence-corrected chi connectivity index (χ0v) is 12.3. The van der Waals surface area contributed by atoms with E-state index in [1.54, 1.807) is 17.0 Å². The van der Waals surface area contributed by atoms with Gasteiger partial charge in [-0.15, -0.1) is 11.6 Å². The number of phenols is 1. The Labute approximate surface area is 128 Å². The molecule has 1 amide bonds. The van der Waals surface area contributed by atoms with Crippen LogP contribution < -0.4 is 0 Å². The molecule has 0 aromatic heterocycles. The molecule has 3 rings (SSSR count). The number of nitrogens with zero attached hydrogens (tertiary/aromatic N) is 1. The maximum absolute atomic E-state index is 12.5. The van der Waals surface area contributed by atoms with Crippen LogP contribution in [0.3, 0.4) is 0 Å². The van der Waals surface area contributed by atoms with Gasteiger partial charge in [0, 0.05) is 13.1 Å². The summed E-state index contributed by atoms with van der Waals surface area (Å²) in [7, 11) is 0. The van der Waals surface area contributed by atoms with Crippen molar-refractivity contribution in [1.29, 1.82) is 0 Å². The number of aromatic hydroxyl groups is 1. The Hall–Kier alpha value is -2.00. The first-order valence-electron chi connectivity index (χ1n) is 6.94. The van der Waals surface area contributed by atoms with Crippen LogP contribution in [0.4, 0.5) is 0 Å². The van der Waals surface area contributed by atoms with Gasteiger partial charge in [-0.2, -0.15) is 0 Å². The van der Waals surface area contributed by atoms with Crippen LogP contribution in [0.15, 0.2) is 48.5 Å². The highest BCUT2D eigenvalue weighted by Gasteiger charge is 2.27. The van der Waals surface area contributed by atoms with Crippen LogP contribution in [0.2, 0.25) is 0 Å². The lowest BCUT2D eigenvalue weighted by molar-refractivity contribution is -0.131. The molecule has 1 heterocycles. The molecule has 0 radical (unpaired) electrons. The Kier molecular flexibility index (Phi) is 3.84. The summed E-state index contributed by atoms with van der Waals surface area (Å²) in [5, 5.41) is 8.91. The van der Waals surface area contributed by atoms with Crippen LogP contribution in [0.5, 0.6) is 5.75 Å². The second kappa shape index (κ2) is 5.78. The number of alkyl halides is 1. The highest BCUT2D eigenvalue weighted by atomic mass is 35.5. The molecule has 0 aliphatic carbocycles. The Bertz CT molecular complexity index is 657. The van der Waals surface area contributed by atoms with E-state index in [-0.39, 0.29) is 11.7 Å². The molecule has 2 aromatic rings. The fourth-order valence-electron chi connectivity index (χ4n) is 2.66. The van der Waals surface area contributed by atoms with E-state index < -0.39 is 5.38 Å². The van der Waals surface area contributed by atoms with Gasteiger partial charge in [-0.05, 0) is 35.2 Å². The van der Waals surface area contributed by atoms with Crippen molar-refractivity contribution in [3.63, 3.8) is 0 Å². The van der Waals surface area contributed by atoms with E-state index in [1.165, 1.54) is 5.56 Å². The van der Waals surface area contributed by atoms with Crippen molar-refractivity contribution in [2.45, 2.75) is 18.3 Å². The van der Waals surface area contributed by atoms with E-state index in [2.05, 4.69) is 0 Å². The van der Waals surface area contributed by atoms with Crippen molar-refractivity contribution in [2.75, 3.05) is 6.54 Å². The summed E-state index contributed by atoms with van der Waals surface area (Å²) in [5.41, 5.74) is 2.99. The number of hydrogen-bond donors (Lipinski definition) is 1. The number of phenolic OH excluding ortho intramolecular Hbond substituents is 1. The van der Waals surface area contributed by atoms with Crippen LogP contribution >= 0.6 is 11.6 Å².